The van der Waals surface area contributed by atoms with E-state index in [4.69, 9.17) is 10.8 Å². The zero-order chi connectivity index (χ0) is 10.9. The molecule has 0 aromatic heterocycles. The zero-order valence-electron chi connectivity index (χ0n) is 7.35. The van der Waals surface area contributed by atoms with Crippen molar-refractivity contribution in [3.8, 4) is 0 Å². The highest BCUT2D eigenvalue weighted by Gasteiger charge is 2.48. The molecule has 3 nitrogen and oxygen atoms in total. The van der Waals surface area contributed by atoms with Crippen LogP contribution in [0.2, 0.25) is 0 Å². The number of aliphatic carboxylic acids is 1. The number of carboxylic acids is 1. The molecule has 0 radical (unpaired) electrons. The van der Waals surface area contributed by atoms with Crippen LogP contribution < -0.4 is 5.73 Å². The Labute approximate surface area is 73.7 Å². The van der Waals surface area contributed by atoms with E-state index in [1.54, 1.807) is 0 Å². The summed E-state index contributed by atoms with van der Waals surface area (Å²) in [5.41, 5.74) is 2.94. The van der Waals surface area contributed by atoms with Gasteiger partial charge in [0.05, 0.1) is 5.41 Å². The normalized spacial score (nSPS) is 15.5. The van der Waals surface area contributed by atoms with Crippen molar-refractivity contribution in [2.75, 3.05) is 0 Å². The third-order valence-electron chi connectivity index (χ3n) is 1.81. The molecule has 0 heterocycles. The Balaban J connectivity index is 4.43. The SMILES string of the molecule is CC(C)(C[C@H](N)C(=O)O)C(F)(F)F. The average Bonchev–Trinajstić information content (AvgIpc) is 1.83. The minimum Gasteiger partial charge on any atom is -0.480 e. The third kappa shape index (κ3) is 3.22. The number of rotatable bonds is 3. The van der Waals surface area contributed by atoms with Gasteiger partial charge in [-0.2, -0.15) is 13.2 Å². The molecule has 0 unspecified atom stereocenters. The predicted molar refractivity (Wildman–Crippen MR) is 40.1 cm³/mol. The minimum atomic E-state index is -4.43. The van der Waals surface area contributed by atoms with Crippen molar-refractivity contribution in [2.45, 2.75) is 32.5 Å². The van der Waals surface area contributed by atoms with E-state index in [0.29, 0.717) is 0 Å². The maximum atomic E-state index is 12.2. The molecule has 0 aliphatic rings. The number of hydrogen-bond donors (Lipinski definition) is 2. The zero-order valence-corrected chi connectivity index (χ0v) is 7.35. The molecule has 0 aromatic rings. The Kier molecular flexibility index (Phi) is 3.32. The van der Waals surface area contributed by atoms with Gasteiger partial charge in [0.2, 0.25) is 0 Å². The molecular weight excluding hydrogens is 187 g/mol. The van der Waals surface area contributed by atoms with E-state index in [9.17, 15) is 18.0 Å². The van der Waals surface area contributed by atoms with Gasteiger partial charge in [-0.25, -0.2) is 0 Å². The lowest BCUT2D eigenvalue weighted by molar-refractivity contribution is -0.215. The second-order valence-electron chi connectivity index (χ2n) is 3.53. The summed E-state index contributed by atoms with van der Waals surface area (Å²) in [6.07, 6.45) is -5.05. The van der Waals surface area contributed by atoms with E-state index < -0.39 is 30.0 Å². The van der Waals surface area contributed by atoms with E-state index >= 15 is 0 Å². The van der Waals surface area contributed by atoms with Crippen molar-refractivity contribution in [1.82, 2.24) is 0 Å². The number of nitrogens with two attached hydrogens (primary N) is 1. The first-order chi connectivity index (χ1) is 5.58. The van der Waals surface area contributed by atoms with E-state index in [1.807, 2.05) is 0 Å². The van der Waals surface area contributed by atoms with Gasteiger partial charge in [-0.15, -0.1) is 0 Å². The van der Waals surface area contributed by atoms with Crippen LogP contribution in [0.25, 0.3) is 0 Å². The van der Waals surface area contributed by atoms with Crippen molar-refractivity contribution in [3.05, 3.63) is 0 Å². The Morgan fingerprint density at radius 2 is 1.85 bits per heavy atom. The maximum Gasteiger partial charge on any atom is 0.394 e. The van der Waals surface area contributed by atoms with Gasteiger partial charge in [0.15, 0.2) is 0 Å². The number of carboxylic acid groups (broad SMARTS) is 1. The highest BCUT2D eigenvalue weighted by molar-refractivity contribution is 5.73. The number of hydrogen-bond acceptors (Lipinski definition) is 2. The van der Waals surface area contributed by atoms with Gasteiger partial charge in [0.1, 0.15) is 6.04 Å². The summed E-state index contributed by atoms with van der Waals surface area (Å²) >= 11 is 0. The molecule has 0 amide bonds. The molecule has 0 spiro atoms. The van der Waals surface area contributed by atoms with Gasteiger partial charge in [-0.3, -0.25) is 4.79 Å². The topological polar surface area (TPSA) is 63.3 Å². The standard InChI is InChI=1S/C7H12F3NO2/c1-6(2,7(8,9)10)3-4(11)5(12)13/h4H,3,11H2,1-2H3,(H,12,13)/t4-/m0/s1. The van der Waals surface area contributed by atoms with Crippen LogP contribution >= 0.6 is 0 Å². The Bertz CT molecular complexity index is 200. The first kappa shape index (κ1) is 12.2. The summed E-state index contributed by atoms with van der Waals surface area (Å²) in [6.45, 7) is 1.85. The molecule has 0 saturated heterocycles. The van der Waals surface area contributed by atoms with E-state index in [2.05, 4.69) is 0 Å². The fraction of sp³-hybridized carbons (Fsp3) is 0.857. The molecule has 1 atom stereocenters. The van der Waals surface area contributed by atoms with Crippen LogP contribution in [0.3, 0.4) is 0 Å². The quantitative estimate of drug-likeness (QED) is 0.721. The van der Waals surface area contributed by atoms with Gasteiger partial charge in [-0.05, 0) is 6.42 Å². The van der Waals surface area contributed by atoms with E-state index in [0.717, 1.165) is 13.8 Å². The predicted octanol–water partition coefficient (Wildman–Crippen LogP) is 1.38. The first-order valence-corrected chi connectivity index (χ1v) is 3.63. The van der Waals surface area contributed by atoms with E-state index in [-0.39, 0.29) is 0 Å². The smallest absolute Gasteiger partial charge is 0.394 e. The largest absolute Gasteiger partial charge is 0.480 e. The van der Waals surface area contributed by atoms with Gasteiger partial charge < -0.3 is 10.8 Å². The summed E-state index contributed by atoms with van der Waals surface area (Å²) in [4.78, 5) is 10.2. The highest BCUT2D eigenvalue weighted by atomic mass is 19.4. The van der Waals surface area contributed by atoms with Gasteiger partial charge in [0, 0.05) is 0 Å². The molecule has 0 bridgehead atoms. The molecule has 0 aliphatic heterocycles. The lowest BCUT2D eigenvalue weighted by Gasteiger charge is -2.28. The molecule has 0 saturated carbocycles. The summed E-state index contributed by atoms with van der Waals surface area (Å²) in [7, 11) is 0. The highest BCUT2D eigenvalue weighted by Crippen LogP contribution is 2.40. The second kappa shape index (κ2) is 3.53. The number of alkyl halides is 3. The van der Waals surface area contributed by atoms with Crippen molar-refractivity contribution in [2.24, 2.45) is 11.1 Å². The molecule has 78 valence electrons. The van der Waals surface area contributed by atoms with Crippen molar-refractivity contribution < 1.29 is 23.1 Å². The Morgan fingerprint density at radius 3 is 2.08 bits per heavy atom. The summed E-state index contributed by atoms with van der Waals surface area (Å²) < 4.78 is 36.6. The second-order valence-corrected chi connectivity index (χ2v) is 3.53. The van der Waals surface area contributed by atoms with Crippen molar-refractivity contribution >= 4 is 5.97 Å². The molecule has 0 aromatic carbocycles. The average molecular weight is 199 g/mol. The van der Waals surface area contributed by atoms with Crippen LogP contribution in [0.1, 0.15) is 20.3 Å². The van der Waals surface area contributed by atoms with Crippen LogP contribution in [0.5, 0.6) is 0 Å². The van der Waals surface area contributed by atoms with Crippen LogP contribution in [-0.4, -0.2) is 23.3 Å². The maximum absolute atomic E-state index is 12.2. The van der Waals surface area contributed by atoms with E-state index in [1.165, 1.54) is 0 Å². The van der Waals surface area contributed by atoms with Crippen LogP contribution in [0.15, 0.2) is 0 Å². The third-order valence-corrected chi connectivity index (χ3v) is 1.81. The molecule has 13 heavy (non-hydrogen) atoms. The monoisotopic (exact) mass is 199 g/mol. The lowest BCUT2D eigenvalue weighted by atomic mass is 9.85. The molecule has 0 rings (SSSR count). The van der Waals surface area contributed by atoms with Crippen molar-refractivity contribution in [1.29, 1.82) is 0 Å². The minimum absolute atomic E-state index is 0.619. The van der Waals surface area contributed by atoms with Crippen LogP contribution in [0.4, 0.5) is 13.2 Å². The molecule has 0 fully saturated rings. The number of carbonyl (C=O) groups is 1. The molecule has 3 N–H and O–H groups in total. The Hall–Kier alpha value is -0.780. The molecule has 0 aliphatic carbocycles. The lowest BCUT2D eigenvalue weighted by Crippen LogP contribution is -2.41. The fourth-order valence-corrected chi connectivity index (χ4v) is 0.753. The summed E-state index contributed by atoms with van der Waals surface area (Å²) in [5, 5.41) is 8.32. The summed E-state index contributed by atoms with van der Waals surface area (Å²) in [5.74, 6) is -1.42. The number of halogens is 3. The molecule has 6 heteroatoms. The molecular formula is C7H12F3NO2. The van der Waals surface area contributed by atoms with Crippen molar-refractivity contribution in [3.63, 3.8) is 0 Å². The van der Waals surface area contributed by atoms with Gasteiger partial charge in [-0.1, -0.05) is 13.8 Å². The van der Waals surface area contributed by atoms with Crippen LogP contribution in [0, 0.1) is 5.41 Å². The van der Waals surface area contributed by atoms with Gasteiger partial charge in [0.25, 0.3) is 0 Å². The summed E-state index contributed by atoms with van der Waals surface area (Å²) in [6, 6.07) is -1.48. The first-order valence-electron chi connectivity index (χ1n) is 3.63. The van der Waals surface area contributed by atoms with Gasteiger partial charge >= 0.3 is 12.1 Å². The van der Waals surface area contributed by atoms with Crippen LogP contribution in [-0.2, 0) is 4.79 Å². The fourth-order valence-electron chi connectivity index (χ4n) is 0.753. The Morgan fingerprint density at radius 1 is 1.46 bits per heavy atom.